The highest BCUT2D eigenvalue weighted by Crippen LogP contribution is 2.46. The fourth-order valence-electron chi connectivity index (χ4n) is 11.5. The number of nitriles is 3. The molecule has 0 amide bonds. The first-order chi connectivity index (χ1) is 38.5. The molecule has 0 fully saturated rings. The quantitative estimate of drug-likeness (QED) is 0.156. The first-order valence-corrected chi connectivity index (χ1v) is 26.1. The molecular weight excluding hydrogens is 943 g/mol. The Morgan fingerprint density at radius 2 is 0.449 bits per heavy atom. The highest BCUT2D eigenvalue weighted by Gasteiger charge is 2.19. The topological polar surface area (TPSA) is 71.4 Å². The van der Waals surface area contributed by atoms with Gasteiger partial charge in [-0.15, -0.1) is 0 Å². The van der Waals surface area contributed by atoms with Crippen molar-refractivity contribution >= 4 is 64.6 Å². The van der Waals surface area contributed by atoms with Crippen LogP contribution in [-0.4, -0.2) is 0 Å². The van der Waals surface area contributed by atoms with Crippen LogP contribution in [0.15, 0.2) is 273 Å². The van der Waals surface area contributed by atoms with Gasteiger partial charge in [-0.2, -0.15) is 15.8 Å². The van der Waals surface area contributed by atoms with Gasteiger partial charge in [-0.05, 0) is 186 Å². The lowest BCUT2D eigenvalue weighted by Crippen LogP contribution is -1.91. The van der Waals surface area contributed by atoms with Gasteiger partial charge in [0.05, 0.1) is 34.9 Å². The standard InChI is InChI=1S/C39H25N.C36H20N2/c40-26-27-17-19-29(20-18-27)30-21-23-31(24-22-30)38-34-13-4-6-15-36(34)39(37-16-7-5-14-35(37)38)33-12-8-11-32(25-33)28-9-2-1-3-10-28;37-21-23-9-11-27-19-29(15-13-25(27)17-23)35-31-5-1-2-6-32(31)36(34-8-4-3-7-33(34)35)30-16-14-26-18-24(22-38)10-12-28(26)20-30/h1-25H;1-20H. The second-order valence-electron chi connectivity index (χ2n) is 19.7. The van der Waals surface area contributed by atoms with Crippen molar-refractivity contribution in [3.63, 3.8) is 0 Å². The van der Waals surface area contributed by atoms with Crippen molar-refractivity contribution in [1.29, 1.82) is 15.8 Å². The Morgan fingerprint density at radius 1 is 0.179 bits per heavy atom. The van der Waals surface area contributed by atoms with Gasteiger partial charge < -0.3 is 0 Å². The maximum Gasteiger partial charge on any atom is 0.0991 e. The normalized spacial score (nSPS) is 11.0. The van der Waals surface area contributed by atoms with E-state index in [0.717, 1.165) is 43.8 Å². The van der Waals surface area contributed by atoms with Gasteiger partial charge in [-0.25, -0.2) is 0 Å². The summed E-state index contributed by atoms with van der Waals surface area (Å²) in [5.74, 6) is 0. The molecule has 0 aliphatic heterocycles. The van der Waals surface area contributed by atoms with Crippen molar-refractivity contribution in [2.24, 2.45) is 0 Å². The molecule has 0 unspecified atom stereocenters. The monoisotopic (exact) mass is 987 g/mol. The summed E-state index contributed by atoms with van der Waals surface area (Å²) in [5.41, 5.74) is 16.4. The third kappa shape index (κ3) is 8.53. The number of hydrogen-bond acceptors (Lipinski definition) is 3. The maximum absolute atomic E-state index is 9.31. The number of rotatable bonds is 6. The molecule has 0 heterocycles. The molecule has 0 aliphatic rings. The van der Waals surface area contributed by atoms with Crippen molar-refractivity contribution in [3.8, 4) is 85.0 Å². The van der Waals surface area contributed by atoms with Crippen LogP contribution in [0.2, 0.25) is 0 Å². The van der Waals surface area contributed by atoms with Crippen LogP contribution in [0.4, 0.5) is 0 Å². The number of fused-ring (bicyclic) bond motifs is 6. The number of nitrogens with zero attached hydrogens (tertiary/aromatic N) is 3. The molecule has 360 valence electrons. The number of hydrogen-bond donors (Lipinski definition) is 0. The van der Waals surface area contributed by atoms with Crippen molar-refractivity contribution in [1.82, 2.24) is 0 Å². The number of benzene rings is 14. The molecule has 14 aromatic carbocycles. The highest BCUT2D eigenvalue weighted by atomic mass is 14.3. The zero-order chi connectivity index (χ0) is 52.5. The second-order valence-corrected chi connectivity index (χ2v) is 19.7. The zero-order valence-electron chi connectivity index (χ0n) is 42.3. The van der Waals surface area contributed by atoms with Crippen molar-refractivity contribution in [2.45, 2.75) is 0 Å². The van der Waals surface area contributed by atoms with E-state index in [9.17, 15) is 10.5 Å². The third-order valence-electron chi connectivity index (χ3n) is 15.2. The summed E-state index contributed by atoms with van der Waals surface area (Å²) in [7, 11) is 0. The molecule has 0 bridgehead atoms. The van der Waals surface area contributed by atoms with E-state index < -0.39 is 0 Å². The Hall–Kier alpha value is -10.9. The molecule has 14 aromatic rings. The van der Waals surface area contributed by atoms with E-state index in [2.05, 4.69) is 231 Å². The van der Waals surface area contributed by atoms with Crippen molar-refractivity contribution in [3.05, 3.63) is 290 Å². The van der Waals surface area contributed by atoms with Crippen LogP contribution in [0.1, 0.15) is 16.7 Å². The van der Waals surface area contributed by atoms with Crippen LogP contribution in [0.25, 0.3) is 131 Å². The lowest BCUT2D eigenvalue weighted by Gasteiger charge is -2.18. The van der Waals surface area contributed by atoms with Gasteiger partial charge in [-0.3, -0.25) is 0 Å². The molecule has 0 N–H and O–H groups in total. The molecule has 3 heteroatoms. The molecule has 0 atom stereocenters. The van der Waals surface area contributed by atoms with Crippen LogP contribution >= 0.6 is 0 Å². The molecule has 0 aromatic heterocycles. The predicted octanol–water partition coefficient (Wildman–Crippen LogP) is 19.9. The summed E-state index contributed by atoms with van der Waals surface area (Å²) < 4.78 is 0. The average Bonchev–Trinajstić information content (AvgIpc) is 3.71. The van der Waals surface area contributed by atoms with Gasteiger partial charge in [-0.1, -0.05) is 218 Å². The molecule has 0 radical (unpaired) electrons. The second kappa shape index (κ2) is 20.1. The SMILES string of the molecule is N#Cc1ccc(-c2ccc(-c3c4ccccc4c(-c4cccc(-c5ccccc5)c4)c4ccccc34)cc2)cc1.N#Cc1ccc2cc(-c3c4ccccc4c(-c4ccc5cc(C#N)ccc5c4)c4ccccc34)ccc2c1. The first-order valence-electron chi connectivity index (χ1n) is 26.1. The minimum Gasteiger partial charge on any atom is -0.192 e. The lowest BCUT2D eigenvalue weighted by atomic mass is 9.85. The molecule has 0 saturated carbocycles. The van der Waals surface area contributed by atoms with Gasteiger partial charge in [0.15, 0.2) is 0 Å². The van der Waals surface area contributed by atoms with Crippen LogP contribution in [-0.2, 0) is 0 Å². The van der Waals surface area contributed by atoms with Gasteiger partial charge in [0.25, 0.3) is 0 Å². The van der Waals surface area contributed by atoms with E-state index >= 15 is 0 Å². The fourth-order valence-corrected chi connectivity index (χ4v) is 11.5. The fraction of sp³-hybridized carbons (Fsp3) is 0. The summed E-state index contributed by atoms with van der Waals surface area (Å²) in [5, 5.41) is 41.9. The smallest absolute Gasteiger partial charge is 0.0991 e. The molecular formula is C75H45N3. The Bertz CT molecular complexity index is 4530. The minimum absolute atomic E-state index is 0.671. The zero-order valence-corrected chi connectivity index (χ0v) is 42.3. The highest BCUT2D eigenvalue weighted by molar-refractivity contribution is 6.23. The largest absolute Gasteiger partial charge is 0.192 e. The summed E-state index contributed by atoms with van der Waals surface area (Å²) in [6.45, 7) is 0. The van der Waals surface area contributed by atoms with Crippen molar-refractivity contribution in [2.75, 3.05) is 0 Å². The van der Waals surface area contributed by atoms with Gasteiger partial charge >= 0.3 is 0 Å². The summed E-state index contributed by atoms with van der Waals surface area (Å²) in [6, 6.07) is 102. The summed E-state index contributed by atoms with van der Waals surface area (Å²) in [4.78, 5) is 0. The molecule has 0 spiro atoms. The van der Waals surface area contributed by atoms with Gasteiger partial charge in [0.1, 0.15) is 0 Å². The van der Waals surface area contributed by atoms with E-state index in [0.29, 0.717) is 16.7 Å². The molecule has 14 rings (SSSR count). The summed E-state index contributed by atoms with van der Waals surface area (Å²) >= 11 is 0. The molecule has 3 nitrogen and oxygen atoms in total. The van der Waals surface area contributed by atoms with E-state index in [1.54, 1.807) is 0 Å². The average molecular weight is 988 g/mol. The van der Waals surface area contributed by atoms with Crippen LogP contribution in [0, 0.1) is 34.0 Å². The Balaban J connectivity index is 0.000000149. The van der Waals surface area contributed by atoms with Crippen LogP contribution < -0.4 is 0 Å². The Morgan fingerprint density at radius 3 is 0.859 bits per heavy atom. The predicted molar refractivity (Wildman–Crippen MR) is 325 cm³/mol. The van der Waals surface area contributed by atoms with E-state index in [1.165, 1.54) is 87.6 Å². The molecule has 78 heavy (non-hydrogen) atoms. The summed E-state index contributed by atoms with van der Waals surface area (Å²) in [6.07, 6.45) is 0. The van der Waals surface area contributed by atoms with Crippen molar-refractivity contribution < 1.29 is 0 Å². The van der Waals surface area contributed by atoms with Gasteiger partial charge in [0, 0.05) is 0 Å². The Kier molecular flexibility index (Phi) is 12.1. The van der Waals surface area contributed by atoms with E-state index in [-0.39, 0.29) is 0 Å². The lowest BCUT2D eigenvalue weighted by molar-refractivity contribution is 1.48. The molecule has 0 aliphatic carbocycles. The van der Waals surface area contributed by atoms with Crippen LogP contribution in [0.5, 0.6) is 0 Å². The third-order valence-corrected chi connectivity index (χ3v) is 15.2. The molecule has 0 saturated heterocycles. The van der Waals surface area contributed by atoms with Gasteiger partial charge in [0.2, 0.25) is 0 Å². The maximum atomic E-state index is 9.31. The van der Waals surface area contributed by atoms with E-state index in [1.807, 2.05) is 60.7 Å². The Labute approximate surface area is 452 Å². The van der Waals surface area contributed by atoms with E-state index in [4.69, 9.17) is 5.26 Å². The minimum atomic E-state index is 0.671. The first kappa shape index (κ1) is 46.9. The van der Waals surface area contributed by atoms with Crippen LogP contribution in [0.3, 0.4) is 0 Å².